The summed E-state index contributed by atoms with van der Waals surface area (Å²) in [5.74, 6) is 2.06. The van der Waals surface area contributed by atoms with Crippen molar-refractivity contribution in [2.24, 2.45) is 24.8 Å². The van der Waals surface area contributed by atoms with Gasteiger partial charge >= 0.3 is 0 Å². The molecule has 120 valence electrons. The van der Waals surface area contributed by atoms with Crippen LogP contribution < -0.4 is 10.2 Å². The smallest absolute Gasteiger partial charge is 0.223 e. The van der Waals surface area contributed by atoms with Gasteiger partial charge in [0.2, 0.25) is 5.91 Å². The summed E-state index contributed by atoms with van der Waals surface area (Å²) in [4.78, 5) is 14.9. The van der Waals surface area contributed by atoms with E-state index in [1.807, 2.05) is 17.9 Å². The zero-order valence-corrected chi connectivity index (χ0v) is 13.4. The van der Waals surface area contributed by atoms with Crippen LogP contribution in [0.5, 0.6) is 0 Å². The van der Waals surface area contributed by atoms with Gasteiger partial charge in [0.1, 0.15) is 0 Å². The average molecular weight is 302 g/mol. The predicted octanol–water partition coefficient (Wildman–Crippen LogP) is 1.94. The lowest BCUT2D eigenvalue weighted by Crippen LogP contribution is -2.48. The minimum absolute atomic E-state index is 0.295. The molecule has 3 atom stereocenters. The second-order valence-corrected chi connectivity index (χ2v) is 7.30. The summed E-state index contributed by atoms with van der Waals surface area (Å²) in [6.45, 7) is 1.98. The highest BCUT2D eigenvalue weighted by atomic mass is 16.2. The molecule has 5 heteroatoms. The van der Waals surface area contributed by atoms with E-state index in [0.717, 1.165) is 25.9 Å². The third kappa shape index (κ3) is 2.61. The number of aromatic nitrogens is 2. The lowest BCUT2D eigenvalue weighted by atomic mass is 10.0. The van der Waals surface area contributed by atoms with Crippen molar-refractivity contribution in [1.82, 2.24) is 15.1 Å². The first-order valence-corrected chi connectivity index (χ1v) is 8.76. The van der Waals surface area contributed by atoms with Crippen LogP contribution in [0.3, 0.4) is 0 Å². The standard InChI is InChI=1S/C17H26N4O/c1-20-11-13(9-18-20)21-8-4-5-12(10-21)19-17(22)16-14-6-2-3-7-15(14)16/h9,11-12,14-16H,2-8,10H2,1H3,(H,19,22)/t12-,14-,15-/m0/s1. The van der Waals surface area contributed by atoms with E-state index in [-0.39, 0.29) is 0 Å². The van der Waals surface area contributed by atoms with E-state index >= 15 is 0 Å². The number of fused-ring (bicyclic) bond motifs is 1. The molecule has 2 saturated carbocycles. The van der Waals surface area contributed by atoms with Gasteiger partial charge in [-0.15, -0.1) is 0 Å². The van der Waals surface area contributed by atoms with Gasteiger partial charge in [0.25, 0.3) is 0 Å². The summed E-state index contributed by atoms with van der Waals surface area (Å²) in [6.07, 6.45) is 11.4. The van der Waals surface area contributed by atoms with Gasteiger partial charge in [-0.25, -0.2) is 0 Å². The number of piperidine rings is 1. The molecule has 22 heavy (non-hydrogen) atoms. The van der Waals surface area contributed by atoms with Gasteiger partial charge in [-0.2, -0.15) is 5.10 Å². The van der Waals surface area contributed by atoms with Crippen LogP contribution in [-0.2, 0) is 11.8 Å². The molecule has 1 N–H and O–H groups in total. The number of nitrogens with zero attached hydrogens (tertiary/aromatic N) is 3. The molecular weight excluding hydrogens is 276 g/mol. The third-order valence-electron chi connectivity index (χ3n) is 5.78. The number of rotatable bonds is 3. The van der Waals surface area contributed by atoms with E-state index in [1.54, 1.807) is 0 Å². The van der Waals surface area contributed by atoms with Crippen LogP contribution in [0, 0.1) is 17.8 Å². The average Bonchev–Trinajstić information content (AvgIpc) is 3.11. The number of carbonyl (C=O) groups is 1. The van der Waals surface area contributed by atoms with Gasteiger partial charge in [0.05, 0.1) is 11.9 Å². The molecule has 3 aliphatic rings. The van der Waals surface area contributed by atoms with E-state index in [0.29, 0.717) is 29.7 Å². The highest BCUT2D eigenvalue weighted by molar-refractivity contribution is 5.82. The molecule has 0 aromatic carbocycles. The minimum atomic E-state index is 0.295. The van der Waals surface area contributed by atoms with Gasteiger partial charge in [0, 0.05) is 38.3 Å². The zero-order valence-electron chi connectivity index (χ0n) is 13.4. The maximum atomic E-state index is 12.5. The van der Waals surface area contributed by atoms with Crippen LogP contribution >= 0.6 is 0 Å². The Kier molecular flexibility index (Phi) is 3.59. The molecule has 1 aliphatic heterocycles. The van der Waals surface area contributed by atoms with Gasteiger partial charge in [0.15, 0.2) is 0 Å². The Labute approximate surface area is 132 Å². The Morgan fingerprint density at radius 2 is 2.00 bits per heavy atom. The Morgan fingerprint density at radius 1 is 1.23 bits per heavy atom. The van der Waals surface area contributed by atoms with Crippen LogP contribution in [0.25, 0.3) is 0 Å². The van der Waals surface area contributed by atoms with Crippen LogP contribution in [0.15, 0.2) is 12.4 Å². The quantitative estimate of drug-likeness (QED) is 0.928. The SMILES string of the molecule is Cn1cc(N2CCC[C@H](NC(=O)C3[C@H]4CCCC[C@H]34)C2)cn1. The number of aryl methyl sites for hydroxylation is 1. The molecule has 4 rings (SSSR count). The third-order valence-corrected chi connectivity index (χ3v) is 5.78. The fourth-order valence-electron chi connectivity index (χ4n) is 4.58. The fraction of sp³-hybridized carbons (Fsp3) is 0.765. The highest BCUT2D eigenvalue weighted by Crippen LogP contribution is 2.55. The van der Waals surface area contributed by atoms with Crippen molar-refractivity contribution < 1.29 is 4.79 Å². The summed E-state index contributed by atoms with van der Waals surface area (Å²) in [5, 5.41) is 7.59. The molecule has 0 bridgehead atoms. The second-order valence-electron chi connectivity index (χ2n) is 7.30. The van der Waals surface area contributed by atoms with E-state index in [1.165, 1.54) is 31.4 Å². The minimum Gasteiger partial charge on any atom is -0.367 e. The normalized spacial score (nSPS) is 34.1. The molecule has 0 radical (unpaired) electrons. The fourth-order valence-corrected chi connectivity index (χ4v) is 4.58. The maximum absolute atomic E-state index is 12.5. The largest absolute Gasteiger partial charge is 0.367 e. The lowest BCUT2D eigenvalue weighted by molar-refractivity contribution is -0.123. The molecule has 2 aliphatic carbocycles. The Balaban J connectivity index is 1.34. The van der Waals surface area contributed by atoms with Crippen molar-refractivity contribution in [2.75, 3.05) is 18.0 Å². The Hall–Kier alpha value is -1.52. The lowest BCUT2D eigenvalue weighted by Gasteiger charge is -2.33. The van der Waals surface area contributed by atoms with Crippen molar-refractivity contribution in [3.05, 3.63) is 12.4 Å². The van der Waals surface area contributed by atoms with Crippen molar-refractivity contribution in [3.8, 4) is 0 Å². The number of nitrogens with one attached hydrogen (secondary N) is 1. The van der Waals surface area contributed by atoms with Crippen LogP contribution in [-0.4, -0.2) is 34.8 Å². The van der Waals surface area contributed by atoms with E-state index < -0.39 is 0 Å². The molecule has 0 unspecified atom stereocenters. The van der Waals surface area contributed by atoms with Gasteiger partial charge in [-0.05, 0) is 37.5 Å². The number of hydrogen-bond donors (Lipinski definition) is 1. The van der Waals surface area contributed by atoms with E-state index in [9.17, 15) is 4.79 Å². The first kappa shape index (κ1) is 14.1. The molecule has 1 aromatic heterocycles. The van der Waals surface area contributed by atoms with Crippen LogP contribution in [0.1, 0.15) is 38.5 Å². The topological polar surface area (TPSA) is 50.2 Å². The predicted molar refractivity (Wildman–Crippen MR) is 85.5 cm³/mol. The van der Waals surface area contributed by atoms with E-state index in [4.69, 9.17) is 0 Å². The molecule has 5 nitrogen and oxygen atoms in total. The summed E-state index contributed by atoms with van der Waals surface area (Å²) < 4.78 is 1.84. The highest BCUT2D eigenvalue weighted by Gasteiger charge is 2.54. The number of anilines is 1. The Bertz CT molecular complexity index is 543. The van der Waals surface area contributed by atoms with Gasteiger partial charge < -0.3 is 10.2 Å². The first-order chi connectivity index (χ1) is 10.7. The molecular formula is C17H26N4O. The van der Waals surface area contributed by atoms with Crippen molar-refractivity contribution in [2.45, 2.75) is 44.6 Å². The Morgan fingerprint density at radius 3 is 2.68 bits per heavy atom. The monoisotopic (exact) mass is 302 g/mol. The van der Waals surface area contributed by atoms with Crippen molar-refractivity contribution >= 4 is 11.6 Å². The summed E-state index contributed by atoms with van der Waals surface area (Å²) >= 11 is 0. The van der Waals surface area contributed by atoms with Crippen molar-refractivity contribution in [3.63, 3.8) is 0 Å². The summed E-state index contributed by atoms with van der Waals surface area (Å²) in [6, 6.07) is 0.295. The first-order valence-electron chi connectivity index (χ1n) is 8.76. The van der Waals surface area contributed by atoms with E-state index in [2.05, 4.69) is 21.5 Å². The number of carbonyl (C=O) groups excluding carboxylic acids is 1. The van der Waals surface area contributed by atoms with Crippen LogP contribution in [0.4, 0.5) is 5.69 Å². The molecule has 1 amide bonds. The zero-order chi connectivity index (χ0) is 15.1. The van der Waals surface area contributed by atoms with Gasteiger partial charge in [-0.3, -0.25) is 9.48 Å². The van der Waals surface area contributed by atoms with Crippen molar-refractivity contribution in [1.29, 1.82) is 0 Å². The molecule has 1 saturated heterocycles. The maximum Gasteiger partial charge on any atom is 0.223 e. The van der Waals surface area contributed by atoms with Crippen LogP contribution in [0.2, 0.25) is 0 Å². The molecule has 3 fully saturated rings. The number of amides is 1. The molecule has 2 heterocycles. The van der Waals surface area contributed by atoms with Gasteiger partial charge in [-0.1, -0.05) is 12.8 Å². The molecule has 1 aromatic rings. The summed E-state index contributed by atoms with van der Waals surface area (Å²) in [7, 11) is 1.95. The molecule has 0 spiro atoms. The second kappa shape index (κ2) is 5.60. The number of hydrogen-bond acceptors (Lipinski definition) is 3. The summed E-state index contributed by atoms with van der Waals surface area (Å²) in [5.41, 5.74) is 1.17.